The second kappa shape index (κ2) is 9.02. The molecule has 10 nitrogen and oxygen atoms in total. The number of rotatable bonds is 6. The van der Waals surface area contributed by atoms with Gasteiger partial charge in [-0.1, -0.05) is 28.1 Å². The number of ether oxygens (including phenoxy) is 1. The van der Waals surface area contributed by atoms with Crippen LogP contribution in [0.2, 0.25) is 0 Å². The summed E-state index contributed by atoms with van der Waals surface area (Å²) >= 11 is 4.37. The molecular formula is C19H12BrN3O7S. The lowest BCUT2D eigenvalue weighted by Crippen LogP contribution is -2.16. The van der Waals surface area contributed by atoms with Crippen LogP contribution in [-0.4, -0.2) is 28.8 Å². The Morgan fingerprint density at radius 2 is 1.74 bits per heavy atom. The number of carbonyl (C=O) groups excluding carboxylic acids is 2. The van der Waals surface area contributed by atoms with Crippen LogP contribution in [0.1, 0.15) is 20.7 Å². The predicted octanol–water partition coefficient (Wildman–Crippen LogP) is 5.03. The Morgan fingerprint density at radius 3 is 2.32 bits per heavy atom. The summed E-state index contributed by atoms with van der Waals surface area (Å²) in [5.41, 5.74) is -0.333. The molecule has 3 rings (SSSR count). The van der Waals surface area contributed by atoms with E-state index in [9.17, 15) is 29.8 Å². The summed E-state index contributed by atoms with van der Waals surface area (Å²) in [5, 5.41) is 26.5. The van der Waals surface area contributed by atoms with Crippen LogP contribution in [0.5, 0.6) is 0 Å². The zero-order valence-electron chi connectivity index (χ0n) is 15.7. The third-order valence-electron chi connectivity index (χ3n) is 4.20. The maximum absolute atomic E-state index is 12.7. The molecule has 3 aromatic rings. The Hall–Kier alpha value is -3.64. The molecule has 0 aliphatic rings. The summed E-state index contributed by atoms with van der Waals surface area (Å²) in [5.74, 6) is -1.59. The number of halogens is 1. The number of hydrogen-bond acceptors (Lipinski definition) is 8. The number of anilines is 1. The number of hydrogen-bond donors (Lipinski definition) is 1. The minimum atomic E-state index is -0.893. The molecule has 0 radical (unpaired) electrons. The number of carbonyl (C=O) groups is 2. The second-order valence-corrected chi connectivity index (χ2v) is 7.82. The summed E-state index contributed by atoms with van der Waals surface area (Å²) in [6, 6.07) is 9.80. The molecule has 1 heterocycles. The van der Waals surface area contributed by atoms with Crippen LogP contribution < -0.4 is 5.32 Å². The molecular weight excluding hydrogens is 494 g/mol. The van der Waals surface area contributed by atoms with Gasteiger partial charge in [0.05, 0.1) is 23.0 Å². The van der Waals surface area contributed by atoms with Gasteiger partial charge in [-0.25, -0.2) is 4.79 Å². The molecule has 12 heteroatoms. The van der Waals surface area contributed by atoms with Crippen molar-refractivity contribution in [2.45, 2.75) is 0 Å². The summed E-state index contributed by atoms with van der Waals surface area (Å²) in [6.45, 7) is 0. The minimum absolute atomic E-state index is 0.0905. The fraction of sp³-hybridized carbons (Fsp3) is 0.0526. The van der Waals surface area contributed by atoms with Gasteiger partial charge < -0.3 is 10.1 Å². The number of esters is 1. The minimum Gasteiger partial charge on any atom is -0.465 e. The maximum atomic E-state index is 12.7. The molecule has 1 N–H and O–H groups in total. The van der Waals surface area contributed by atoms with Crippen molar-refractivity contribution in [3.63, 3.8) is 0 Å². The van der Waals surface area contributed by atoms with E-state index in [4.69, 9.17) is 4.74 Å². The molecule has 0 aliphatic carbocycles. The van der Waals surface area contributed by atoms with E-state index >= 15 is 0 Å². The Morgan fingerprint density at radius 1 is 1.06 bits per heavy atom. The fourth-order valence-corrected chi connectivity index (χ4v) is 3.96. The molecule has 2 aromatic carbocycles. The highest BCUT2D eigenvalue weighted by molar-refractivity contribution is 9.10. The lowest BCUT2D eigenvalue weighted by atomic mass is 10.0. The SMILES string of the molecule is COC(=O)c1c(-c2ccc(Br)cc2)csc1NC(=O)c1ccc([N+](=O)[O-])cc1[N+](=O)[O-]. The Kier molecular flexibility index (Phi) is 6.42. The quantitative estimate of drug-likeness (QED) is 0.281. The van der Waals surface area contributed by atoms with Crippen LogP contribution >= 0.6 is 27.3 Å². The average molecular weight is 506 g/mol. The van der Waals surface area contributed by atoms with Crippen LogP contribution in [0.4, 0.5) is 16.4 Å². The smallest absolute Gasteiger partial charge is 0.341 e. The van der Waals surface area contributed by atoms with Gasteiger partial charge in [0, 0.05) is 21.5 Å². The number of nitrogens with one attached hydrogen (secondary N) is 1. The second-order valence-electron chi connectivity index (χ2n) is 6.02. The Balaban J connectivity index is 2.02. The molecule has 0 spiro atoms. The number of nitro benzene ring substituents is 2. The van der Waals surface area contributed by atoms with E-state index in [1.165, 1.54) is 7.11 Å². The van der Waals surface area contributed by atoms with Crippen LogP contribution in [0.25, 0.3) is 11.1 Å². The summed E-state index contributed by atoms with van der Waals surface area (Å²) in [4.78, 5) is 45.7. The van der Waals surface area contributed by atoms with Crippen molar-refractivity contribution in [3.8, 4) is 11.1 Å². The molecule has 0 saturated carbocycles. The molecule has 0 saturated heterocycles. The van der Waals surface area contributed by atoms with Gasteiger partial charge >= 0.3 is 5.97 Å². The molecule has 0 aliphatic heterocycles. The van der Waals surface area contributed by atoms with Gasteiger partial charge in [-0.05, 0) is 23.8 Å². The van der Waals surface area contributed by atoms with Crippen molar-refractivity contribution in [1.82, 2.24) is 0 Å². The van der Waals surface area contributed by atoms with Crippen molar-refractivity contribution in [3.05, 3.63) is 83.7 Å². The zero-order chi connectivity index (χ0) is 22.7. The molecule has 0 fully saturated rings. The number of non-ortho nitro benzene ring substituents is 1. The van der Waals surface area contributed by atoms with Crippen molar-refractivity contribution in [2.24, 2.45) is 0 Å². The van der Waals surface area contributed by atoms with Crippen molar-refractivity contribution < 1.29 is 24.2 Å². The summed E-state index contributed by atoms with van der Waals surface area (Å²) in [7, 11) is 1.19. The van der Waals surface area contributed by atoms with E-state index in [1.807, 2.05) is 0 Å². The first-order valence-electron chi connectivity index (χ1n) is 8.43. The van der Waals surface area contributed by atoms with Gasteiger partial charge in [-0.2, -0.15) is 0 Å². The van der Waals surface area contributed by atoms with E-state index in [2.05, 4.69) is 21.2 Å². The van der Waals surface area contributed by atoms with Gasteiger partial charge in [0.1, 0.15) is 16.1 Å². The standard InChI is InChI=1S/C19H12BrN3O7S/c1-30-19(25)16-14(10-2-4-11(20)5-3-10)9-31-18(16)21-17(24)13-7-6-12(22(26)27)8-15(13)23(28)29/h2-9H,1H3,(H,21,24). The number of amides is 1. The van der Waals surface area contributed by atoms with Gasteiger partial charge in [0.25, 0.3) is 17.3 Å². The number of nitrogens with zero attached hydrogens (tertiary/aromatic N) is 2. The molecule has 1 aromatic heterocycles. The Bertz CT molecular complexity index is 1210. The van der Waals surface area contributed by atoms with Crippen molar-refractivity contribution in [2.75, 3.05) is 12.4 Å². The van der Waals surface area contributed by atoms with E-state index < -0.39 is 33.1 Å². The Labute approximate surface area is 186 Å². The van der Waals surface area contributed by atoms with Gasteiger partial charge in [-0.3, -0.25) is 25.0 Å². The van der Waals surface area contributed by atoms with Crippen LogP contribution in [0.15, 0.2) is 52.3 Å². The third kappa shape index (κ3) is 4.59. The number of nitro groups is 2. The summed E-state index contributed by atoms with van der Waals surface area (Å²) < 4.78 is 5.67. The van der Waals surface area contributed by atoms with Crippen molar-refractivity contribution in [1.29, 1.82) is 0 Å². The highest BCUT2D eigenvalue weighted by atomic mass is 79.9. The number of benzene rings is 2. The summed E-state index contributed by atoms with van der Waals surface area (Å²) in [6.07, 6.45) is 0. The molecule has 31 heavy (non-hydrogen) atoms. The van der Waals surface area contributed by atoms with Crippen LogP contribution in [-0.2, 0) is 4.74 Å². The highest BCUT2D eigenvalue weighted by Gasteiger charge is 2.27. The lowest BCUT2D eigenvalue weighted by molar-refractivity contribution is -0.394. The first kappa shape index (κ1) is 22.1. The first-order valence-corrected chi connectivity index (χ1v) is 10.1. The van der Waals surface area contributed by atoms with Gasteiger partial charge in [-0.15, -0.1) is 11.3 Å². The van der Waals surface area contributed by atoms with Crippen molar-refractivity contribution >= 4 is 55.5 Å². The first-order chi connectivity index (χ1) is 14.7. The largest absolute Gasteiger partial charge is 0.465 e. The number of methoxy groups -OCH3 is 1. The molecule has 1 amide bonds. The van der Waals surface area contributed by atoms with E-state index in [1.54, 1.807) is 29.6 Å². The van der Waals surface area contributed by atoms with E-state index in [0.29, 0.717) is 17.2 Å². The average Bonchev–Trinajstić information content (AvgIpc) is 3.16. The molecule has 0 bridgehead atoms. The topological polar surface area (TPSA) is 142 Å². The monoisotopic (exact) mass is 505 g/mol. The van der Waals surface area contributed by atoms with E-state index in [-0.39, 0.29) is 16.1 Å². The van der Waals surface area contributed by atoms with E-state index in [0.717, 1.165) is 27.9 Å². The van der Waals surface area contributed by atoms with Crippen LogP contribution in [0.3, 0.4) is 0 Å². The third-order valence-corrected chi connectivity index (χ3v) is 5.62. The zero-order valence-corrected chi connectivity index (χ0v) is 18.1. The normalized spacial score (nSPS) is 10.4. The molecule has 0 atom stereocenters. The highest BCUT2D eigenvalue weighted by Crippen LogP contribution is 2.37. The molecule has 158 valence electrons. The number of thiophene rings is 1. The van der Waals surface area contributed by atoms with Crippen LogP contribution in [0, 0.1) is 20.2 Å². The fourth-order valence-electron chi connectivity index (χ4n) is 2.74. The maximum Gasteiger partial charge on any atom is 0.341 e. The predicted molar refractivity (Wildman–Crippen MR) is 116 cm³/mol. The van der Waals surface area contributed by atoms with Gasteiger partial charge in [0.15, 0.2) is 0 Å². The molecule has 0 unspecified atom stereocenters. The lowest BCUT2D eigenvalue weighted by Gasteiger charge is -2.08. The van der Waals surface area contributed by atoms with Gasteiger partial charge in [0.2, 0.25) is 0 Å².